The van der Waals surface area contributed by atoms with Crippen LogP contribution in [0.15, 0.2) is 60.7 Å². The molecule has 1 N–H and O–H groups in total. The largest absolute Gasteiger partial charge is 0.467 e. The Bertz CT molecular complexity index is 733. The number of carbonyl (C=O) groups excluding carboxylic acids is 2. The molecular weight excluding hydrogens is 316 g/mol. The zero-order valence-corrected chi connectivity index (χ0v) is 14.3. The minimum absolute atomic E-state index is 0.257. The molecule has 1 unspecified atom stereocenters. The molecule has 1 fully saturated rings. The SMILES string of the molecule is COC(=O)C1(NC(=O)c2ccccc2)CCN(Cc2ccccc2)C1. The fourth-order valence-corrected chi connectivity index (χ4v) is 3.26. The first kappa shape index (κ1) is 17.2. The summed E-state index contributed by atoms with van der Waals surface area (Å²) >= 11 is 0. The minimum atomic E-state index is -1.00. The van der Waals surface area contributed by atoms with Gasteiger partial charge in [0.1, 0.15) is 0 Å². The van der Waals surface area contributed by atoms with E-state index in [1.807, 2.05) is 24.3 Å². The highest BCUT2D eigenvalue weighted by Gasteiger charge is 2.47. The highest BCUT2D eigenvalue weighted by Crippen LogP contribution is 2.25. The molecule has 0 aromatic heterocycles. The summed E-state index contributed by atoms with van der Waals surface area (Å²) in [5.41, 5.74) is 0.709. The molecule has 1 amide bonds. The van der Waals surface area contributed by atoms with Crippen LogP contribution in [0.5, 0.6) is 0 Å². The molecule has 1 saturated heterocycles. The van der Waals surface area contributed by atoms with E-state index in [0.717, 1.165) is 13.1 Å². The van der Waals surface area contributed by atoms with E-state index in [0.29, 0.717) is 18.5 Å². The Morgan fingerprint density at radius 1 is 1.08 bits per heavy atom. The van der Waals surface area contributed by atoms with Crippen molar-refractivity contribution in [1.82, 2.24) is 10.2 Å². The second-order valence-corrected chi connectivity index (χ2v) is 6.34. The maximum atomic E-state index is 12.6. The van der Waals surface area contributed by atoms with E-state index in [-0.39, 0.29) is 5.91 Å². The third-order valence-corrected chi connectivity index (χ3v) is 4.56. The van der Waals surface area contributed by atoms with Crippen molar-refractivity contribution < 1.29 is 14.3 Å². The van der Waals surface area contributed by atoms with Crippen LogP contribution in [-0.4, -0.2) is 42.5 Å². The van der Waals surface area contributed by atoms with Crippen LogP contribution >= 0.6 is 0 Å². The number of methoxy groups -OCH3 is 1. The first-order valence-electron chi connectivity index (χ1n) is 8.35. The first-order valence-corrected chi connectivity index (χ1v) is 8.35. The summed E-state index contributed by atoms with van der Waals surface area (Å²) in [6.07, 6.45) is 0.533. The normalized spacial score (nSPS) is 20.2. The maximum Gasteiger partial charge on any atom is 0.332 e. The molecule has 0 bridgehead atoms. The van der Waals surface area contributed by atoms with Crippen LogP contribution in [0.4, 0.5) is 0 Å². The van der Waals surface area contributed by atoms with Gasteiger partial charge in [-0.3, -0.25) is 9.69 Å². The second-order valence-electron chi connectivity index (χ2n) is 6.34. The van der Waals surface area contributed by atoms with Gasteiger partial charge in [0.15, 0.2) is 5.54 Å². The molecule has 0 aliphatic carbocycles. The lowest BCUT2D eigenvalue weighted by atomic mass is 9.98. The van der Waals surface area contributed by atoms with Crippen LogP contribution < -0.4 is 5.32 Å². The highest BCUT2D eigenvalue weighted by molar-refractivity contribution is 5.98. The van der Waals surface area contributed by atoms with Gasteiger partial charge in [-0.05, 0) is 24.1 Å². The van der Waals surface area contributed by atoms with Crippen LogP contribution in [0.25, 0.3) is 0 Å². The minimum Gasteiger partial charge on any atom is -0.467 e. The Labute approximate surface area is 147 Å². The fourth-order valence-electron chi connectivity index (χ4n) is 3.26. The Balaban J connectivity index is 1.74. The van der Waals surface area contributed by atoms with Crippen LogP contribution in [0.2, 0.25) is 0 Å². The Kier molecular flexibility index (Phi) is 5.14. The second kappa shape index (κ2) is 7.49. The van der Waals surface area contributed by atoms with Crippen molar-refractivity contribution in [3.05, 3.63) is 71.8 Å². The van der Waals surface area contributed by atoms with Gasteiger partial charge in [0.05, 0.1) is 7.11 Å². The summed E-state index contributed by atoms with van der Waals surface area (Å²) in [6.45, 7) is 1.90. The highest BCUT2D eigenvalue weighted by atomic mass is 16.5. The molecule has 0 saturated carbocycles. The number of nitrogens with one attached hydrogen (secondary N) is 1. The monoisotopic (exact) mass is 338 g/mol. The van der Waals surface area contributed by atoms with Crippen molar-refractivity contribution in [2.75, 3.05) is 20.2 Å². The zero-order valence-electron chi connectivity index (χ0n) is 14.3. The summed E-state index contributed by atoms with van der Waals surface area (Å²) < 4.78 is 4.99. The molecule has 1 aliphatic heterocycles. The van der Waals surface area contributed by atoms with Crippen molar-refractivity contribution in [2.45, 2.75) is 18.5 Å². The number of rotatable bonds is 5. The summed E-state index contributed by atoms with van der Waals surface area (Å²) in [6, 6.07) is 19.0. The Morgan fingerprint density at radius 2 is 1.72 bits per heavy atom. The van der Waals surface area contributed by atoms with Crippen LogP contribution in [-0.2, 0) is 16.1 Å². The van der Waals surface area contributed by atoms with E-state index in [2.05, 4.69) is 22.3 Å². The van der Waals surface area contributed by atoms with E-state index < -0.39 is 11.5 Å². The van der Waals surface area contributed by atoms with Gasteiger partial charge in [0.25, 0.3) is 5.91 Å². The van der Waals surface area contributed by atoms with E-state index >= 15 is 0 Å². The molecule has 25 heavy (non-hydrogen) atoms. The van der Waals surface area contributed by atoms with Gasteiger partial charge in [0.2, 0.25) is 0 Å². The van der Waals surface area contributed by atoms with Crippen LogP contribution in [0.3, 0.4) is 0 Å². The molecule has 1 aliphatic rings. The standard InChI is InChI=1S/C20H22N2O3/c1-25-19(24)20(21-18(23)17-10-6-3-7-11-17)12-13-22(15-20)14-16-8-4-2-5-9-16/h2-11H,12-15H2,1H3,(H,21,23). The average molecular weight is 338 g/mol. The van der Waals surface area contributed by atoms with Crippen LogP contribution in [0.1, 0.15) is 22.3 Å². The predicted molar refractivity (Wildman–Crippen MR) is 95.0 cm³/mol. The number of amides is 1. The van der Waals surface area contributed by atoms with E-state index in [1.54, 1.807) is 24.3 Å². The third-order valence-electron chi connectivity index (χ3n) is 4.56. The molecule has 1 atom stereocenters. The lowest BCUT2D eigenvalue weighted by Gasteiger charge is -2.28. The van der Waals surface area contributed by atoms with Gasteiger partial charge in [0, 0.05) is 25.2 Å². The molecule has 0 spiro atoms. The molecule has 1 heterocycles. The number of nitrogens with zero attached hydrogens (tertiary/aromatic N) is 1. The lowest BCUT2D eigenvalue weighted by Crippen LogP contribution is -2.56. The smallest absolute Gasteiger partial charge is 0.332 e. The molecule has 2 aromatic carbocycles. The van der Waals surface area contributed by atoms with Crippen molar-refractivity contribution in [1.29, 1.82) is 0 Å². The molecular formula is C20H22N2O3. The summed E-state index contributed by atoms with van der Waals surface area (Å²) in [7, 11) is 1.36. The van der Waals surface area contributed by atoms with E-state index in [1.165, 1.54) is 12.7 Å². The number of esters is 1. The Morgan fingerprint density at radius 3 is 2.36 bits per heavy atom. The van der Waals surface area contributed by atoms with Gasteiger partial charge in [-0.15, -0.1) is 0 Å². The number of benzene rings is 2. The molecule has 2 aromatic rings. The summed E-state index contributed by atoms with van der Waals surface area (Å²) in [4.78, 5) is 27.2. The molecule has 3 rings (SSSR count). The van der Waals surface area contributed by atoms with Crippen molar-refractivity contribution in [3.8, 4) is 0 Å². The summed E-state index contributed by atoms with van der Waals surface area (Å²) in [5, 5.41) is 2.92. The molecule has 130 valence electrons. The zero-order chi connectivity index (χ0) is 17.7. The third kappa shape index (κ3) is 3.88. The fraction of sp³-hybridized carbons (Fsp3) is 0.300. The van der Waals surface area contributed by atoms with Crippen molar-refractivity contribution >= 4 is 11.9 Å². The van der Waals surface area contributed by atoms with E-state index in [4.69, 9.17) is 4.74 Å². The van der Waals surface area contributed by atoms with Crippen molar-refractivity contribution in [2.24, 2.45) is 0 Å². The topological polar surface area (TPSA) is 58.6 Å². The molecule has 5 nitrogen and oxygen atoms in total. The molecule has 5 heteroatoms. The molecule has 0 radical (unpaired) electrons. The van der Waals surface area contributed by atoms with Crippen LogP contribution in [0, 0.1) is 0 Å². The maximum absolute atomic E-state index is 12.6. The van der Waals surface area contributed by atoms with E-state index in [9.17, 15) is 9.59 Å². The van der Waals surface area contributed by atoms with Crippen molar-refractivity contribution in [3.63, 3.8) is 0 Å². The quantitative estimate of drug-likeness (QED) is 0.850. The van der Waals surface area contributed by atoms with Gasteiger partial charge in [-0.2, -0.15) is 0 Å². The first-order chi connectivity index (χ1) is 12.1. The number of ether oxygens (including phenoxy) is 1. The number of hydrogen-bond acceptors (Lipinski definition) is 4. The predicted octanol–water partition coefficient (Wildman–Crippen LogP) is 2.23. The summed E-state index contributed by atoms with van der Waals surface area (Å²) in [5.74, 6) is -0.653. The van der Waals surface area contributed by atoms with Gasteiger partial charge >= 0.3 is 5.97 Å². The lowest BCUT2D eigenvalue weighted by molar-refractivity contribution is -0.147. The van der Waals surface area contributed by atoms with Gasteiger partial charge in [-0.1, -0.05) is 48.5 Å². The number of likely N-dealkylation sites (tertiary alicyclic amines) is 1. The average Bonchev–Trinajstić information content (AvgIpc) is 3.06. The van der Waals surface area contributed by atoms with Gasteiger partial charge in [-0.25, -0.2) is 4.79 Å². The Hall–Kier alpha value is -2.66. The number of hydrogen-bond donors (Lipinski definition) is 1. The van der Waals surface area contributed by atoms with Gasteiger partial charge < -0.3 is 10.1 Å². The number of carbonyl (C=O) groups is 2.